The Hall–Kier alpha value is -2.10. The van der Waals surface area contributed by atoms with Crippen molar-refractivity contribution in [3.05, 3.63) is 36.0 Å². The molecule has 2 aromatic rings. The molecule has 0 bridgehead atoms. The summed E-state index contributed by atoms with van der Waals surface area (Å²) < 4.78 is 4.61. The van der Waals surface area contributed by atoms with Crippen molar-refractivity contribution >= 4 is 22.6 Å². The van der Waals surface area contributed by atoms with Crippen LogP contribution >= 0.6 is 0 Å². The van der Waals surface area contributed by atoms with E-state index in [1.54, 1.807) is 0 Å². The first-order valence-corrected chi connectivity index (χ1v) is 5.88. The van der Waals surface area contributed by atoms with Crippen LogP contribution in [-0.2, 0) is 9.53 Å². The molecule has 0 saturated heterocycles. The third kappa shape index (κ3) is 2.77. The lowest BCUT2D eigenvalue weighted by atomic mass is 10.1. The van der Waals surface area contributed by atoms with Crippen LogP contribution in [0.3, 0.4) is 0 Å². The second kappa shape index (κ2) is 5.49. The van der Waals surface area contributed by atoms with Crippen molar-refractivity contribution in [2.24, 2.45) is 0 Å². The Labute approximate surface area is 106 Å². The van der Waals surface area contributed by atoms with Crippen molar-refractivity contribution in [3.63, 3.8) is 0 Å². The zero-order chi connectivity index (χ0) is 13.0. The van der Waals surface area contributed by atoms with Crippen LogP contribution in [0.2, 0.25) is 0 Å². The molecular formula is C14H16N2O2. The molecular weight excluding hydrogens is 228 g/mol. The number of hydrogen-bond acceptors (Lipinski definition) is 4. The highest BCUT2D eigenvalue weighted by Crippen LogP contribution is 2.22. The number of fused-ring (bicyclic) bond motifs is 1. The Morgan fingerprint density at radius 3 is 2.94 bits per heavy atom. The summed E-state index contributed by atoms with van der Waals surface area (Å²) in [5.41, 5.74) is 2.91. The summed E-state index contributed by atoms with van der Waals surface area (Å²) in [6, 6.07) is 9.92. The first-order valence-electron chi connectivity index (χ1n) is 5.88. The number of ether oxygens (including phenoxy) is 1. The minimum absolute atomic E-state index is 0.211. The molecule has 4 heteroatoms. The number of anilines is 1. The molecule has 0 amide bonds. The summed E-state index contributed by atoms with van der Waals surface area (Å²) in [7, 11) is 1.40. The number of rotatable bonds is 4. The maximum absolute atomic E-state index is 11.1. The van der Waals surface area contributed by atoms with E-state index >= 15 is 0 Å². The van der Waals surface area contributed by atoms with E-state index in [0.29, 0.717) is 13.0 Å². The van der Waals surface area contributed by atoms with Gasteiger partial charge in [0.2, 0.25) is 0 Å². The largest absolute Gasteiger partial charge is 0.469 e. The maximum Gasteiger partial charge on any atom is 0.307 e. The summed E-state index contributed by atoms with van der Waals surface area (Å²) in [6.07, 6.45) is 0.353. The van der Waals surface area contributed by atoms with E-state index in [9.17, 15) is 4.79 Å². The van der Waals surface area contributed by atoms with Gasteiger partial charge in [-0.25, -0.2) is 0 Å². The molecule has 0 unspecified atom stereocenters. The van der Waals surface area contributed by atoms with Crippen molar-refractivity contribution in [1.82, 2.24) is 4.98 Å². The molecule has 0 radical (unpaired) electrons. The molecule has 4 nitrogen and oxygen atoms in total. The first kappa shape index (κ1) is 12.4. The normalized spacial score (nSPS) is 10.3. The third-order valence-corrected chi connectivity index (χ3v) is 2.72. The van der Waals surface area contributed by atoms with E-state index in [1.165, 1.54) is 7.11 Å². The number of methoxy groups -OCH3 is 1. The second-order valence-corrected chi connectivity index (χ2v) is 4.08. The van der Waals surface area contributed by atoms with Crippen molar-refractivity contribution in [2.75, 3.05) is 19.0 Å². The molecule has 0 aliphatic heterocycles. The van der Waals surface area contributed by atoms with Gasteiger partial charge in [0.15, 0.2) is 0 Å². The highest BCUT2D eigenvalue weighted by atomic mass is 16.5. The summed E-state index contributed by atoms with van der Waals surface area (Å²) in [5.74, 6) is -0.211. The Balaban J connectivity index is 2.19. The summed E-state index contributed by atoms with van der Waals surface area (Å²) >= 11 is 0. The predicted molar refractivity (Wildman–Crippen MR) is 71.6 cm³/mol. The van der Waals surface area contributed by atoms with Crippen LogP contribution in [0, 0.1) is 6.92 Å². The number of aryl methyl sites for hydroxylation is 1. The van der Waals surface area contributed by atoms with Crippen LogP contribution in [0.25, 0.3) is 10.9 Å². The van der Waals surface area contributed by atoms with Crippen LogP contribution < -0.4 is 5.32 Å². The molecule has 0 aliphatic carbocycles. The van der Waals surface area contributed by atoms with E-state index in [1.807, 2.05) is 37.3 Å². The van der Waals surface area contributed by atoms with Crippen molar-refractivity contribution in [3.8, 4) is 0 Å². The van der Waals surface area contributed by atoms with Gasteiger partial charge in [-0.1, -0.05) is 18.2 Å². The van der Waals surface area contributed by atoms with E-state index in [4.69, 9.17) is 0 Å². The molecule has 1 N–H and O–H groups in total. The lowest BCUT2D eigenvalue weighted by molar-refractivity contribution is -0.140. The fourth-order valence-corrected chi connectivity index (χ4v) is 1.86. The Kier molecular flexibility index (Phi) is 3.77. The van der Waals surface area contributed by atoms with E-state index in [0.717, 1.165) is 22.3 Å². The molecule has 0 spiro atoms. The van der Waals surface area contributed by atoms with E-state index < -0.39 is 0 Å². The molecule has 0 atom stereocenters. The average Bonchev–Trinajstić information content (AvgIpc) is 2.38. The van der Waals surface area contributed by atoms with Crippen molar-refractivity contribution < 1.29 is 9.53 Å². The van der Waals surface area contributed by atoms with Gasteiger partial charge in [0.25, 0.3) is 0 Å². The Morgan fingerprint density at radius 1 is 1.39 bits per heavy atom. The smallest absolute Gasteiger partial charge is 0.307 e. The lowest BCUT2D eigenvalue weighted by Crippen LogP contribution is -2.10. The van der Waals surface area contributed by atoms with Gasteiger partial charge in [0.1, 0.15) is 0 Å². The predicted octanol–water partition coefficient (Wildman–Crippen LogP) is 2.52. The van der Waals surface area contributed by atoms with Crippen LogP contribution in [-0.4, -0.2) is 24.6 Å². The maximum atomic E-state index is 11.1. The van der Waals surface area contributed by atoms with Gasteiger partial charge in [0, 0.05) is 23.3 Å². The molecule has 0 aliphatic rings. The van der Waals surface area contributed by atoms with Crippen LogP contribution in [0.1, 0.15) is 12.1 Å². The van der Waals surface area contributed by atoms with Crippen molar-refractivity contribution in [1.29, 1.82) is 0 Å². The van der Waals surface area contributed by atoms with Gasteiger partial charge in [-0.15, -0.1) is 0 Å². The molecule has 0 fully saturated rings. The monoisotopic (exact) mass is 244 g/mol. The quantitative estimate of drug-likeness (QED) is 0.840. The number of hydrogen-bond donors (Lipinski definition) is 1. The van der Waals surface area contributed by atoms with Crippen molar-refractivity contribution in [2.45, 2.75) is 13.3 Å². The zero-order valence-corrected chi connectivity index (χ0v) is 10.6. The SMILES string of the molecule is COC(=O)CCNc1cc(C)nc2ccccc12. The number of benzene rings is 1. The topological polar surface area (TPSA) is 51.2 Å². The Bertz CT molecular complexity index is 567. The Morgan fingerprint density at radius 2 is 2.17 bits per heavy atom. The van der Waals surface area contributed by atoms with Gasteiger partial charge in [-0.2, -0.15) is 0 Å². The number of carbonyl (C=O) groups excluding carboxylic acids is 1. The summed E-state index contributed by atoms with van der Waals surface area (Å²) in [4.78, 5) is 15.5. The van der Waals surface area contributed by atoms with Gasteiger partial charge < -0.3 is 10.1 Å². The zero-order valence-electron chi connectivity index (χ0n) is 10.6. The van der Waals surface area contributed by atoms with Gasteiger partial charge in [-0.3, -0.25) is 9.78 Å². The molecule has 18 heavy (non-hydrogen) atoms. The number of nitrogens with zero attached hydrogens (tertiary/aromatic N) is 1. The van der Waals surface area contributed by atoms with Gasteiger partial charge >= 0.3 is 5.97 Å². The molecule has 0 saturated carbocycles. The second-order valence-electron chi connectivity index (χ2n) is 4.08. The van der Waals surface area contributed by atoms with E-state index in [-0.39, 0.29) is 5.97 Å². The summed E-state index contributed by atoms with van der Waals surface area (Å²) in [6.45, 7) is 2.51. The number of esters is 1. The number of nitrogens with one attached hydrogen (secondary N) is 1. The van der Waals surface area contributed by atoms with Gasteiger partial charge in [-0.05, 0) is 19.1 Å². The fraction of sp³-hybridized carbons (Fsp3) is 0.286. The number of aromatic nitrogens is 1. The molecule has 1 aromatic heterocycles. The lowest BCUT2D eigenvalue weighted by Gasteiger charge is -2.10. The van der Waals surface area contributed by atoms with E-state index in [2.05, 4.69) is 15.0 Å². The van der Waals surface area contributed by atoms with Crippen LogP contribution in [0.4, 0.5) is 5.69 Å². The van der Waals surface area contributed by atoms with Crippen LogP contribution in [0.5, 0.6) is 0 Å². The van der Waals surface area contributed by atoms with Crippen LogP contribution in [0.15, 0.2) is 30.3 Å². The molecule has 94 valence electrons. The molecule has 2 rings (SSSR count). The first-order chi connectivity index (χ1) is 8.70. The van der Waals surface area contributed by atoms with Gasteiger partial charge in [0.05, 0.1) is 19.0 Å². The standard InChI is InChI=1S/C14H16N2O2/c1-10-9-13(15-8-7-14(17)18-2)11-5-3-4-6-12(11)16-10/h3-6,9H,7-8H2,1-2H3,(H,15,16). The third-order valence-electron chi connectivity index (χ3n) is 2.72. The summed E-state index contributed by atoms with van der Waals surface area (Å²) in [5, 5.41) is 4.32. The number of carbonyl (C=O) groups is 1. The average molecular weight is 244 g/mol. The highest BCUT2D eigenvalue weighted by molar-refractivity contribution is 5.91. The fourth-order valence-electron chi connectivity index (χ4n) is 1.86. The minimum Gasteiger partial charge on any atom is -0.469 e. The number of pyridine rings is 1. The minimum atomic E-state index is -0.211. The molecule has 1 aromatic carbocycles. The highest BCUT2D eigenvalue weighted by Gasteiger charge is 2.04. The molecule has 1 heterocycles. The number of para-hydroxylation sites is 1.